The lowest BCUT2D eigenvalue weighted by Gasteiger charge is -2.33. The molecule has 4 nitrogen and oxygen atoms in total. The molecule has 2 rings (SSSR count). The fourth-order valence-corrected chi connectivity index (χ4v) is 2.15. The topological polar surface area (TPSA) is 40.2 Å². The highest BCUT2D eigenvalue weighted by Crippen LogP contribution is 2.19. The van der Waals surface area contributed by atoms with Crippen LogP contribution in [0.1, 0.15) is 26.7 Å². The third kappa shape index (κ3) is 3.88. The maximum absolute atomic E-state index is 4.34. The third-order valence-electron chi connectivity index (χ3n) is 3.27. The average molecular weight is 250 g/mol. The van der Waals surface area contributed by atoms with E-state index in [9.17, 15) is 0 Å². The summed E-state index contributed by atoms with van der Waals surface area (Å²) in [6.07, 6.45) is 4.38. The van der Waals surface area contributed by atoms with Crippen LogP contribution in [-0.4, -0.2) is 38.2 Å². The first-order valence-electron chi connectivity index (χ1n) is 6.89. The van der Waals surface area contributed by atoms with Crippen LogP contribution in [0.3, 0.4) is 0 Å². The van der Waals surface area contributed by atoms with Gasteiger partial charge in [-0.05, 0) is 32.0 Å². The first-order chi connectivity index (χ1) is 8.83. The van der Waals surface area contributed by atoms with E-state index in [0.717, 1.165) is 18.9 Å². The lowest BCUT2D eigenvalue weighted by molar-refractivity contribution is 0.442. The molecule has 1 aliphatic rings. The van der Waals surface area contributed by atoms with Gasteiger partial charge in [0.15, 0.2) is 0 Å². The van der Waals surface area contributed by atoms with Crippen molar-refractivity contribution in [2.75, 3.05) is 37.4 Å². The van der Waals surface area contributed by atoms with E-state index in [4.69, 9.17) is 0 Å². The normalized spacial score (nSPS) is 15.9. The van der Waals surface area contributed by atoms with Gasteiger partial charge in [-0.25, -0.2) is 4.98 Å². The maximum Gasteiger partial charge on any atom is 0.125 e. The van der Waals surface area contributed by atoms with Crippen LogP contribution in [0.5, 0.6) is 0 Å². The first kappa shape index (κ1) is 14.8. The zero-order chi connectivity index (χ0) is 13.4. The Labute approximate surface area is 111 Å². The number of anilines is 2. The zero-order valence-electron chi connectivity index (χ0n) is 12.0. The summed E-state index contributed by atoms with van der Waals surface area (Å²) < 4.78 is 0. The summed E-state index contributed by atoms with van der Waals surface area (Å²) in [4.78, 5) is 6.75. The standard InChI is InChI=1S/C12H20N4.C2H6/c1-13-10-5-7-16(8-6-10)11-3-4-12(14-2)15-9-11;1-2/h3-4,9-10,13H,5-8H2,1-2H3,(H,14,15);1-2H3. The van der Waals surface area contributed by atoms with Crippen molar-refractivity contribution in [2.24, 2.45) is 0 Å². The van der Waals surface area contributed by atoms with Crippen molar-refractivity contribution in [1.82, 2.24) is 10.3 Å². The highest BCUT2D eigenvalue weighted by atomic mass is 15.2. The molecular formula is C14H26N4. The Morgan fingerprint density at radius 3 is 2.28 bits per heavy atom. The van der Waals surface area contributed by atoms with Crippen molar-refractivity contribution in [3.05, 3.63) is 18.3 Å². The SMILES string of the molecule is CC.CNc1ccc(N2CCC(NC)CC2)cn1. The average Bonchev–Trinajstić information content (AvgIpc) is 2.49. The molecule has 1 fully saturated rings. The van der Waals surface area contributed by atoms with E-state index in [1.807, 2.05) is 40.2 Å². The van der Waals surface area contributed by atoms with Gasteiger partial charge >= 0.3 is 0 Å². The second-order valence-corrected chi connectivity index (χ2v) is 4.20. The van der Waals surface area contributed by atoms with Crippen LogP contribution in [0.15, 0.2) is 18.3 Å². The molecule has 1 aromatic heterocycles. The summed E-state index contributed by atoms with van der Waals surface area (Å²) in [6.45, 7) is 6.23. The molecule has 18 heavy (non-hydrogen) atoms. The Bertz CT molecular complexity index is 315. The minimum absolute atomic E-state index is 0.681. The van der Waals surface area contributed by atoms with Crippen molar-refractivity contribution in [2.45, 2.75) is 32.7 Å². The van der Waals surface area contributed by atoms with Gasteiger partial charge in [0.25, 0.3) is 0 Å². The molecule has 0 atom stereocenters. The molecule has 0 aromatic carbocycles. The van der Waals surface area contributed by atoms with E-state index in [1.54, 1.807) is 0 Å². The molecule has 102 valence electrons. The molecule has 0 radical (unpaired) electrons. The number of hydrogen-bond acceptors (Lipinski definition) is 4. The van der Waals surface area contributed by atoms with Crippen LogP contribution in [-0.2, 0) is 0 Å². The number of hydrogen-bond donors (Lipinski definition) is 2. The van der Waals surface area contributed by atoms with Crippen LogP contribution in [0.2, 0.25) is 0 Å². The Hall–Kier alpha value is -1.29. The first-order valence-corrected chi connectivity index (χ1v) is 6.89. The van der Waals surface area contributed by atoms with Gasteiger partial charge < -0.3 is 15.5 Å². The lowest BCUT2D eigenvalue weighted by Crippen LogP contribution is -2.41. The molecule has 4 heteroatoms. The predicted molar refractivity (Wildman–Crippen MR) is 79.4 cm³/mol. The van der Waals surface area contributed by atoms with E-state index in [2.05, 4.69) is 26.6 Å². The molecule has 0 saturated carbocycles. The number of nitrogens with one attached hydrogen (secondary N) is 2. The molecule has 0 amide bonds. The third-order valence-corrected chi connectivity index (χ3v) is 3.27. The summed E-state index contributed by atoms with van der Waals surface area (Å²) in [7, 11) is 3.93. The highest BCUT2D eigenvalue weighted by molar-refractivity contribution is 5.49. The number of rotatable bonds is 3. The summed E-state index contributed by atoms with van der Waals surface area (Å²) in [5.41, 5.74) is 1.23. The van der Waals surface area contributed by atoms with E-state index in [-0.39, 0.29) is 0 Å². The minimum atomic E-state index is 0.681. The van der Waals surface area contributed by atoms with E-state index in [0.29, 0.717) is 6.04 Å². The van der Waals surface area contributed by atoms with Gasteiger partial charge in [0.05, 0.1) is 11.9 Å². The molecule has 2 heterocycles. The molecule has 0 unspecified atom stereocenters. The molecule has 0 aliphatic carbocycles. The Morgan fingerprint density at radius 2 is 1.83 bits per heavy atom. The molecule has 1 aliphatic heterocycles. The van der Waals surface area contributed by atoms with Gasteiger partial charge in [0.1, 0.15) is 5.82 Å². The van der Waals surface area contributed by atoms with Gasteiger partial charge in [-0.3, -0.25) is 0 Å². The second-order valence-electron chi connectivity index (χ2n) is 4.20. The molecule has 1 saturated heterocycles. The fourth-order valence-electron chi connectivity index (χ4n) is 2.15. The van der Waals surface area contributed by atoms with Crippen LogP contribution < -0.4 is 15.5 Å². The molecule has 0 bridgehead atoms. The van der Waals surface area contributed by atoms with Crippen LogP contribution in [0, 0.1) is 0 Å². The molecule has 2 N–H and O–H groups in total. The summed E-state index contributed by atoms with van der Waals surface area (Å²) in [5, 5.41) is 6.38. The molecule has 0 spiro atoms. The number of aromatic nitrogens is 1. The van der Waals surface area contributed by atoms with Gasteiger partial charge in [-0.2, -0.15) is 0 Å². The number of piperidine rings is 1. The maximum atomic E-state index is 4.34. The number of pyridine rings is 1. The molecular weight excluding hydrogens is 224 g/mol. The number of nitrogens with zero attached hydrogens (tertiary/aromatic N) is 2. The van der Waals surface area contributed by atoms with Crippen LogP contribution >= 0.6 is 0 Å². The Kier molecular flexibility index (Phi) is 6.50. The minimum Gasteiger partial charge on any atom is -0.373 e. The highest BCUT2D eigenvalue weighted by Gasteiger charge is 2.17. The van der Waals surface area contributed by atoms with Crippen molar-refractivity contribution in [3.63, 3.8) is 0 Å². The monoisotopic (exact) mass is 250 g/mol. The van der Waals surface area contributed by atoms with Gasteiger partial charge in [0.2, 0.25) is 0 Å². The quantitative estimate of drug-likeness (QED) is 0.864. The largest absolute Gasteiger partial charge is 0.373 e. The Morgan fingerprint density at radius 1 is 1.17 bits per heavy atom. The van der Waals surface area contributed by atoms with E-state index < -0.39 is 0 Å². The van der Waals surface area contributed by atoms with E-state index >= 15 is 0 Å². The van der Waals surface area contributed by atoms with E-state index in [1.165, 1.54) is 18.5 Å². The Balaban J connectivity index is 0.000000771. The molecule has 1 aromatic rings. The lowest BCUT2D eigenvalue weighted by atomic mass is 10.1. The van der Waals surface area contributed by atoms with Gasteiger partial charge in [-0.1, -0.05) is 13.8 Å². The second kappa shape index (κ2) is 7.93. The zero-order valence-corrected chi connectivity index (χ0v) is 12.0. The summed E-state index contributed by atoms with van der Waals surface area (Å²) in [5.74, 6) is 0.925. The van der Waals surface area contributed by atoms with Crippen LogP contribution in [0.4, 0.5) is 11.5 Å². The van der Waals surface area contributed by atoms with Crippen molar-refractivity contribution >= 4 is 11.5 Å². The van der Waals surface area contributed by atoms with Gasteiger partial charge in [0, 0.05) is 26.2 Å². The smallest absolute Gasteiger partial charge is 0.125 e. The van der Waals surface area contributed by atoms with Gasteiger partial charge in [-0.15, -0.1) is 0 Å². The fraction of sp³-hybridized carbons (Fsp3) is 0.643. The summed E-state index contributed by atoms with van der Waals surface area (Å²) >= 11 is 0. The van der Waals surface area contributed by atoms with Crippen molar-refractivity contribution in [1.29, 1.82) is 0 Å². The van der Waals surface area contributed by atoms with Crippen molar-refractivity contribution in [3.8, 4) is 0 Å². The van der Waals surface area contributed by atoms with Crippen molar-refractivity contribution < 1.29 is 0 Å². The van der Waals surface area contributed by atoms with Crippen LogP contribution in [0.25, 0.3) is 0 Å². The predicted octanol–water partition coefficient (Wildman–Crippen LogP) is 2.34. The summed E-state index contributed by atoms with van der Waals surface area (Å²) in [6, 6.07) is 4.85.